The maximum Gasteiger partial charge on any atom is 0.120 e. The third kappa shape index (κ3) is 4.12. The van der Waals surface area contributed by atoms with E-state index in [4.69, 9.17) is 16.3 Å². The molecule has 0 amide bonds. The van der Waals surface area contributed by atoms with Gasteiger partial charge in [0.2, 0.25) is 0 Å². The molecule has 106 valence electrons. The van der Waals surface area contributed by atoms with Crippen LogP contribution in [0.25, 0.3) is 0 Å². The van der Waals surface area contributed by atoms with Crippen LogP contribution in [0.15, 0.2) is 18.2 Å². The molecule has 0 aliphatic heterocycles. The monoisotopic (exact) mass is 282 g/mol. The molecule has 1 aliphatic carbocycles. The van der Waals surface area contributed by atoms with Crippen LogP contribution in [0.2, 0.25) is 5.02 Å². The number of rotatable bonds is 4. The minimum absolute atomic E-state index is 0.457. The molecule has 1 aliphatic rings. The fourth-order valence-electron chi connectivity index (χ4n) is 2.95. The van der Waals surface area contributed by atoms with Crippen molar-refractivity contribution in [3.8, 4) is 5.75 Å². The van der Waals surface area contributed by atoms with E-state index < -0.39 is 6.10 Å². The van der Waals surface area contributed by atoms with E-state index in [-0.39, 0.29) is 0 Å². The fraction of sp³-hybridized carbons (Fsp3) is 0.625. The molecule has 1 saturated carbocycles. The van der Waals surface area contributed by atoms with Crippen LogP contribution < -0.4 is 4.74 Å². The number of benzene rings is 1. The second kappa shape index (κ2) is 7.16. The lowest BCUT2D eigenvalue weighted by Gasteiger charge is -2.19. The highest BCUT2D eigenvalue weighted by Gasteiger charge is 2.19. The lowest BCUT2D eigenvalue weighted by molar-refractivity contribution is 0.139. The van der Waals surface area contributed by atoms with Gasteiger partial charge in [-0.15, -0.1) is 0 Å². The van der Waals surface area contributed by atoms with Crippen molar-refractivity contribution in [1.29, 1.82) is 0 Å². The third-order valence-corrected chi connectivity index (χ3v) is 4.43. The maximum atomic E-state index is 10.4. The number of aliphatic hydroxyl groups excluding tert-OH is 1. The minimum Gasteiger partial charge on any atom is -0.497 e. The summed E-state index contributed by atoms with van der Waals surface area (Å²) >= 11 is 6.21. The van der Waals surface area contributed by atoms with Gasteiger partial charge >= 0.3 is 0 Å². The highest BCUT2D eigenvalue weighted by Crippen LogP contribution is 2.34. The highest BCUT2D eigenvalue weighted by atomic mass is 35.5. The number of halogens is 1. The first-order valence-electron chi connectivity index (χ1n) is 7.22. The zero-order valence-corrected chi connectivity index (χ0v) is 12.3. The average Bonchev–Trinajstić information content (AvgIpc) is 2.67. The first kappa shape index (κ1) is 14.7. The molecule has 0 bridgehead atoms. The zero-order chi connectivity index (χ0) is 13.7. The maximum absolute atomic E-state index is 10.4. The normalized spacial score (nSPS) is 18.9. The van der Waals surface area contributed by atoms with Gasteiger partial charge in [0, 0.05) is 0 Å². The lowest BCUT2D eigenvalue weighted by Crippen LogP contribution is -2.07. The number of aliphatic hydroxyl groups is 1. The van der Waals surface area contributed by atoms with Crippen molar-refractivity contribution in [3.63, 3.8) is 0 Å². The summed E-state index contributed by atoms with van der Waals surface area (Å²) in [6.45, 7) is 0. The molecule has 1 fully saturated rings. The van der Waals surface area contributed by atoms with Crippen LogP contribution in [0.1, 0.15) is 56.6 Å². The van der Waals surface area contributed by atoms with Crippen molar-refractivity contribution in [2.45, 2.75) is 51.0 Å². The quantitative estimate of drug-likeness (QED) is 0.808. The molecule has 1 aromatic rings. The third-order valence-electron chi connectivity index (χ3n) is 4.10. The van der Waals surface area contributed by atoms with Gasteiger partial charge in [0.15, 0.2) is 0 Å². The smallest absolute Gasteiger partial charge is 0.120 e. The zero-order valence-electron chi connectivity index (χ0n) is 11.6. The highest BCUT2D eigenvalue weighted by molar-refractivity contribution is 6.31. The van der Waals surface area contributed by atoms with Crippen LogP contribution in [-0.4, -0.2) is 12.2 Å². The summed E-state index contributed by atoms with van der Waals surface area (Å²) in [7, 11) is 1.62. The molecular weight excluding hydrogens is 260 g/mol. The van der Waals surface area contributed by atoms with Crippen LogP contribution in [-0.2, 0) is 0 Å². The van der Waals surface area contributed by atoms with Gasteiger partial charge in [-0.1, -0.05) is 56.2 Å². The second-order valence-corrected chi connectivity index (χ2v) is 5.90. The molecule has 2 nitrogen and oxygen atoms in total. The predicted octanol–water partition coefficient (Wildman–Crippen LogP) is 4.74. The van der Waals surface area contributed by atoms with Gasteiger partial charge in [-0.2, -0.15) is 0 Å². The van der Waals surface area contributed by atoms with E-state index in [1.54, 1.807) is 13.2 Å². The van der Waals surface area contributed by atoms with E-state index in [2.05, 4.69) is 0 Å². The fourth-order valence-corrected chi connectivity index (χ4v) is 3.24. The summed E-state index contributed by atoms with van der Waals surface area (Å²) in [5, 5.41) is 11.0. The number of hydrogen-bond donors (Lipinski definition) is 1. The van der Waals surface area contributed by atoms with E-state index >= 15 is 0 Å². The van der Waals surface area contributed by atoms with Crippen molar-refractivity contribution in [2.75, 3.05) is 7.11 Å². The minimum atomic E-state index is -0.457. The summed E-state index contributed by atoms with van der Waals surface area (Å²) in [5.41, 5.74) is 0.826. The summed E-state index contributed by atoms with van der Waals surface area (Å²) in [6, 6.07) is 5.51. The molecule has 1 aromatic carbocycles. The van der Waals surface area contributed by atoms with Gasteiger partial charge < -0.3 is 9.84 Å². The summed E-state index contributed by atoms with van der Waals surface area (Å²) in [4.78, 5) is 0. The molecule has 19 heavy (non-hydrogen) atoms. The molecule has 1 unspecified atom stereocenters. The molecule has 1 N–H and O–H groups in total. The molecule has 0 spiro atoms. The molecule has 0 radical (unpaired) electrons. The Kier molecular flexibility index (Phi) is 5.53. The van der Waals surface area contributed by atoms with Crippen molar-refractivity contribution in [2.24, 2.45) is 5.92 Å². The Hall–Kier alpha value is -0.730. The van der Waals surface area contributed by atoms with Crippen LogP contribution in [0, 0.1) is 5.92 Å². The molecule has 2 rings (SSSR count). The van der Waals surface area contributed by atoms with Crippen LogP contribution in [0.4, 0.5) is 0 Å². The SMILES string of the molecule is COc1ccc(C(O)CC2CCCCCC2)c(Cl)c1. The van der Waals surface area contributed by atoms with Crippen molar-refractivity contribution in [3.05, 3.63) is 28.8 Å². The average molecular weight is 283 g/mol. The van der Waals surface area contributed by atoms with Gasteiger partial charge in [-0.25, -0.2) is 0 Å². The Labute approximate surface area is 120 Å². The molecule has 0 saturated heterocycles. The van der Waals surface area contributed by atoms with E-state index in [0.29, 0.717) is 10.9 Å². The van der Waals surface area contributed by atoms with E-state index in [0.717, 1.165) is 17.7 Å². The Balaban J connectivity index is 2.00. The molecule has 3 heteroatoms. The number of methoxy groups -OCH3 is 1. The summed E-state index contributed by atoms with van der Waals surface area (Å²) in [5.74, 6) is 1.37. The van der Waals surface area contributed by atoms with Crippen molar-refractivity contribution >= 4 is 11.6 Å². The Morgan fingerprint density at radius 1 is 1.26 bits per heavy atom. The molecule has 0 aromatic heterocycles. The predicted molar refractivity (Wildman–Crippen MR) is 78.8 cm³/mol. The first-order chi connectivity index (χ1) is 9.20. The van der Waals surface area contributed by atoms with Crippen LogP contribution >= 0.6 is 11.6 Å². The van der Waals surface area contributed by atoms with Gasteiger partial charge in [-0.05, 0) is 30.0 Å². The van der Waals surface area contributed by atoms with E-state index in [9.17, 15) is 5.11 Å². The number of ether oxygens (including phenoxy) is 1. The standard InChI is InChI=1S/C16H23ClO2/c1-19-13-8-9-14(15(17)11-13)16(18)10-12-6-4-2-3-5-7-12/h8-9,11-12,16,18H,2-7,10H2,1H3. The Morgan fingerprint density at radius 2 is 1.95 bits per heavy atom. The summed E-state index contributed by atoms with van der Waals surface area (Å²) in [6.07, 6.45) is 8.14. The van der Waals surface area contributed by atoms with E-state index in [1.807, 2.05) is 12.1 Å². The topological polar surface area (TPSA) is 29.5 Å². The van der Waals surface area contributed by atoms with E-state index in [1.165, 1.54) is 38.5 Å². The van der Waals surface area contributed by atoms with Crippen LogP contribution in [0.3, 0.4) is 0 Å². The van der Waals surface area contributed by atoms with Gasteiger partial charge in [-0.3, -0.25) is 0 Å². The van der Waals surface area contributed by atoms with Gasteiger partial charge in [0.1, 0.15) is 5.75 Å². The summed E-state index contributed by atoms with van der Waals surface area (Å²) < 4.78 is 5.13. The first-order valence-corrected chi connectivity index (χ1v) is 7.60. The largest absolute Gasteiger partial charge is 0.497 e. The van der Waals surface area contributed by atoms with Gasteiger partial charge in [0.25, 0.3) is 0 Å². The second-order valence-electron chi connectivity index (χ2n) is 5.50. The molecule has 1 atom stereocenters. The van der Waals surface area contributed by atoms with Crippen molar-refractivity contribution in [1.82, 2.24) is 0 Å². The lowest BCUT2D eigenvalue weighted by atomic mass is 9.91. The Morgan fingerprint density at radius 3 is 2.53 bits per heavy atom. The van der Waals surface area contributed by atoms with Crippen molar-refractivity contribution < 1.29 is 9.84 Å². The van der Waals surface area contributed by atoms with Crippen LogP contribution in [0.5, 0.6) is 5.75 Å². The Bertz CT molecular complexity index is 398. The van der Waals surface area contributed by atoms with Gasteiger partial charge in [0.05, 0.1) is 18.2 Å². The number of hydrogen-bond acceptors (Lipinski definition) is 2. The molecular formula is C16H23ClO2. The molecule has 0 heterocycles.